The first kappa shape index (κ1) is 17.7. The molecule has 1 heterocycles. The third-order valence-corrected chi connectivity index (χ3v) is 4.69. The second-order valence-corrected chi connectivity index (χ2v) is 6.57. The van der Waals surface area contributed by atoms with E-state index in [0.29, 0.717) is 36.1 Å². The van der Waals surface area contributed by atoms with Gasteiger partial charge in [-0.2, -0.15) is 13.2 Å². The highest BCUT2D eigenvalue weighted by Gasteiger charge is 2.40. The molecule has 4 nitrogen and oxygen atoms in total. The number of hydrogen-bond donors (Lipinski definition) is 0. The molecule has 1 aromatic rings. The van der Waals surface area contributed by atoms with Crippen LogP contribution in [0.3, 0.4) is 0 Å². The van der Waals surface area contributed by atoms with Gasteiger partial charge in [-0.25, -0.2) is 10.0 Å². The summed E-state index contributed by atoms with van der Waals surface area (Å²) in [6.45, 7) is 0. The fourth-order valence-electron chi connectivity index (χ4n) is 3.63. The first-order valence-electron chi connectivity index (χ1n) is 8.13. The van der Waals surface area contributed by atoms with E-state index < -0.39 is 17.7 Å². The quantitative estimate of drug-likeness (QED) is 0.818. The molecule has 0 N–H and O–H groups in total. The van der Waals surface area contributed by atoms with Crippen molar-refractivity contribution in [1.29, 1.82) is 0 Å². The highest BCUT2D eigenvalue weighted by atomic mass is 19.4. The van der Waals surface area contributed by atoms with Crippen LogP contribution in [0.1, 0.15) is 42.7 Å². The maximum absolute atomic E-state index is 12.8. The Kier molecular flexibility index (Phi) is 4.45. The van der Waals surface area contributed by atoms with Gasteiger partial charge in [0.15, 0.2) is 5.78 Å². The Morgan fingerprint density at radius 3 is 2.28 bits per heavy atom. The number of alkyl halides is 3. The summed E-state index contributed by atoms with van der Waals surface area (Å²) in [6, 6.07) is 4.76. The molecule has 1 aliphatic carbocycles. The monoisotopic (exact) mass is 352 g/mol. The zero-order valence-electron chi connectivity index (χ0n) is 14.1. The van der Waals surface area contributed by atoms with Crippen LogP contribution in [0, 0.1) is 0 Å². The van der Waals surface area contributed by atoms with Crippen LogP contribution < -0.4 is 0 Å². The first-order valence-corrected chi connectivity index (χ1v) is 8.13. The van der Waals surface area contributed by atoms with Crippen molar-refractivity contribution >= 4 is 11.7 Å². The van der Waals surface area contributed by atoms with E-state index in [4.69, 9.17) is 0 Å². The van der Waals surface area contributed by atoms with Crippen LogP contribution in [0.15, 0.2) is 35.5 Å². The number of rotatable bonds is 2. The topological polar surface area (TPSA) is 40.6 Å². The number of amides is 1. The second-order valence-electron chi connectivity index (χ2n) is 6.57. The summed E-state index contributed by atoms with van der Waals surface area (Å²) in [7, 11) is 3.47. The SMILES string of the molecule is CN(C)N1C(=O)C[C@@H](c2ccc(C(F)(F)F)cc2)C2=C1CCCC2=O. The summed E-state index contributed by atoms with van der Waals surface area (Å²) in [6.07, 6.45) is -2.63. The maximum atomic E-state index is 12.8. The lowest BCUT2D eigenvalue weighted by molar-refractivity contribution is -0.143. The van der Waals surface area contributed by atoms with Gasteiger partial charge >= 0.3 is 6.18 Å². The molecule has 1 amide bonds. The Morgan fingerprint density at radius 1 is 1.08 bits per heavy atom. The maximum Gasteiger partial charge on any atom is 0.416 e. The van der Waals surface area contributed by atoms with Crippen LogP contribution in [-0.4, -0.2) is 35.8 Å². The molecule has 0 spiro atoms. The summed E-state index contributed by atoms with van der Waals surface area (Å²) in [5, 5.41) is 3.17. The largest absolute Gasteiger partial charge is 0.416 e. The van der Waals surface area contributed by atoms with E-state index in [-0.39, 0.29) is 18.1 Å². The molecule has 0 fully saturated rings. The minimum atomic E-state index is -4.41. The van der Waals surface area contributed by atoms with Crippen molar-refractivity contribution in [3.8, 4) is 0 Å². The number of benzene rings is 1. The van der Waals surface area contributed by atoms with Gasteiger partial charge < -0.3 is 0 Å². The average Bonchev–Trinajstić information content (AvgIpc) is 2.53. The van der Waals surface area contributed by atoms with E-state index in [1.165, 1.54) is 17.1 Å². The Labute approximate surface area is 143 Å². The van der Waals surface area contributed by atoms with Crippen molar-refractivity contribution in [3.63, 3.8) is 0 Å². The fourth-order valence-corrected chi connectivity index (χ4v) is 3.63. The minimum Gasteiger partial charge on any atom is -0.294 e. The van der Waals surface area contributed by atoms with E-state index in [1.54, 1.807) is 19.1 Å². The number of carbonyl (C=O) groups is 2. The fraction of sp³-hybridized carbons (Fsp3) is 0.444. The van der Waals surface area contributed by atoms with E-state index in [2.05, 4.69) is 0 Å². The predicted octanol–water partition coefficient (Wildman–Crippen LogP) is 3.51. The Hall–Kier alpha value is -2.15. The van der Waals surface area contributed by atoms with Gasteiger partial charge in [-0.3, -0.25) is 9.59 Å². The molecular formula is C18H19F3N2O2. The number of nitrogens with zero attached hydrogens (tertiary/aromatic N) is 2. The minimum absolute atomic E-state index is 0.0227. The summed E-state index contributed by atoms with van der Waals surface area (Å²) in [5.41, 5.74) is 1.08. The van der Waals surface area contributed by atoms with Crippen LogP contribution in [0.2, 0.25) is 0 Å². The van der Waals surface area contributed by atoms with Gasteiger partial charge in [0.05, 0.1) is 5.56 Å². The van der Waals surface area contributed by atoms with E-state index >= 15 is 0 Å². The van der Waals surface area contributed by atoms with Crippen molar-refractivity contribution in [3.05, 3.63) is 46.7 Å². The highest BCUT2D eigenvalue weighted by molar-refractivity contribution is 6.01. The number of hydrogen-bond acceptors (Lipinski definition) is 3. The second kappa shape index (κ2) is 6.29. The van der Waals surface area contributed by atoms with Crippen LogP contribution in [0.4, 0.5) is 13.2 Å². The van der Waals surface area contributed by atoms with Gasteiger partial charge in [0.25, 0.3) is 0 Å². The van der Waals surface area contributed by atoms with Crippen molar-refractivity contribution in [2.75, 3.05) is 14.1 Å². The van der Waals surface area contributed by atoms with Gasteiger partial charge in [-0.15, -0.1) is 0 Å². The van der Waals surface area contributed by atoms with E-state index in [1.807, 2.05) is 0 Å². The molecule has 0 aromatic heterocycles. The molecule has 0 saturated heterocycles. The Bertz CT molecular complexity index is 736. The van der Waals surface area contributed by atoms with Crippen LogP contribution in [-0.2, 0) is 15.8 Å². The molecule has 7 heteroatoms. The number of carbonyl (C=O) groups excluding carboxylic acids is 2. The Balaban J connectivity index is 2.05. The summed E-state index contributed by atoms with van der Waals surface area (Å²) in [4.78, 5) is 25.1. The molecule has 1 atom stereocenters. The molecule has 134 valence electrons. The lowest BCUT2D eigenvalue weighted by Gasteiger charge is -2.41. The van der Waals surface area contributed by atoms with Crippen molar-refractivity contribution < 1.29 is 22.8 Å². The van der Waals surface area contributed by atoms with Crippen LogP contribution in [0.25, 0.3) is 0 Å². The molecule has 3 rings (SSSR count). The van der Waals surface area contributed by atoms with Crippen molar-refractivity contribution in [2.24, 2.45) is 0 Å². The smallest absolute Gasteiger partial charge is 0.294 e. The van der Waals surface area contributed by atoms with Crippen molar-refractivity contribution in [2.45, 2.75) is 37.8 Å². The third-order valence-electron chi connectivity index (χ3n) is 4.69. The molecule has 25 heavy (non-hydrogen) atoms. The summed E-state index contributed by atoms with van der Waals surface area (Å²) < 4.78 is 38.3. The molecule has 0 saturated carbocycles. The third kappa shape index (κ3) is 3.20. The molecule has 0 bridgehead atoms. The number of hydrazine groups is 1. The van der Waals surface area contributed by atoms with Gasteiger partial charge in [-0.05, 0) is 30.5 Å². The van der Waals surface area contributed by atoms with E-state index in [9.17, 15) is 22.8 Å². The Morgan fingerprint density at radius 2 is 1.72 bits per heavy atom. The van der Waals surface area contributed by atoms with Gasteiger partial charge in [0.2, 0.25) is 5.91 Å². The number of halogens is 3. The van der Waals surface area contributed by atoms with Gasteiger partial charge in [0, 0.05) is 44.1 Å². The summed E-state index contributed by atoms with van der Waals surface area (Å²) >= 11 is 0. The van der Waals surface area contributed by atoms with E-state index in [0.717, 1.165) is 12.1 Å². The molecule has 0 unspecified atom stereocenters. The lowest BCUT2D eigenvalue weighted by Crippen LogP contribution is -2.47. The first-order chi connectivity index (χ1) is 11.7. The zero-order valence-corrected chi connectivity index (χ0v) is 14.1. The number of allylic oxidation sites excluding steroid dienone is 2. The molecule has 1 aromatic carbocycles. The van der Waals surface area contributed by atoms with Crippen molar-refractivity contribution in [1.82, 2.24) is 10.0 Å². The van der Waals surface area contributed by atoms with Gasteiger partial charge in [0.1, 0.15) is 0 Å². The molecule has 0 radical (unpaired) electrons. The predicted molar refractivity (Wildman–Crippen MR) is 85.2 cm³/mol. The summed E-state index contributed by atoms with van der Waals surface area (Å²) in [5.74, 6) is -0.650. The number of ketones is 1. The van der Waals surface area contributed by atoms with Gasteiger partial charge in [-0.1, -0.05) is 12.1 Å². The molecular weight excluding hydrogens is 333 g/mol. The lowest BCUT2D eigenvalue weighted by atomic mass is 9.77. The number of Topliss-reactive ketones (excluding diaryl/α,β-unsaturated/α-hetero) is 1. The van der Waals surface area contributed by atoms with Crippen LogP contribution >= 0.6 is 0 Å². The molecule has 2 aliphatic rings. The van der Waals surface area contributed by atoms with Crippen LogP contribution in [0.5, 0.6) is 0 Å². The standard InChI is InChI=1S/C18H19F3N2O2/c1-22(2)23-14-4-3-5-15(24)17(14)13(10-16(23)25)11-6-8-12(9-7-11)18(19,20)21/h6-9,13H,3-5,10H2,1-2H3/t13-/m0/s1. The zero-order chi connectivity index (χ0) is 18.4. The highest BCUT2D eigenvalue weighted by Crippen LogP contribution is 2.42. The average molecular weight is 352 g/mol. The molecule has 1 aliphatic heterocycles. The normalized spacial score (nSPS) is 21.8.